The van der Waals surface area contributed by atoms with Crippen molar-refractivity contribution < 1.29 is 27.5 Å². The first-order valence-corrected chi connectivity index (χ1v) is 10.3. The second-order valence-electron chi connectivity index (χ2n) is 7.62. The fourth-order valence-electron chi connectivity index (χ4n) is 3.44. The number of ether oxygens (including phenoxy) is 1. The van der Waals surface area contributed by atoms with Crippen LogP contribution in [0, 0.1) is 24.4 Å². The van der Waals surface area contributed by atoms with Gasteiger partial charge in [0.05, 0.1) is 12.2 Å². The van der Waals surface area contributed by atoms with E-state index in [0.717, 1.165) is 23.4 Å². The number of likely N-dealkylation sites (tertiary alicyclic amines) is 1. The van der Waals surface area contributed by atoms with Gasteiger partial charge in [0.25, 0.3) is 5.91 Å². The Labute approximate surface area is 179 Å². The van der Waals surface area contributed by atoms with Crippen molar-refractivity contribution in [1.29, 1.82) is 0 Å². The third kappa shape index (κ3) is 5.99. The van der Waals surface area contributed by atoms with Crippen LogP contribution in [0.15, 0.2) is 36.4 Å². The fraction of sp³-hybridized carbons (Fsp3) is 0.391. The van der Waals surface area contributed by atoms with Crippen LogP contribution in [-0.2, 0) is 4.79 Å². The summed E-state index contributed by atoms with van der Waals surface area (Å²) in [6.45, 7) is 3.37. The molecule has 166 valence electrons. The van der Waals surface area contributed by atoms with E-state index in [9.17, 15) is 22.8 Å². The summed E-state index contributed by atoms with van der Waals surface area (Å²) < 4.78 is 45.7. The number of nitrogens with zero attached hydrogens (tertiary/aromatic N) is 1. The third-order valence-corrected chi connectivity index (χ3v) is 5.29. The predicted molar refractivity (Wildman–Crippen MR) is 109 cm³/mol. The molecule has 0 aliphatic carbocycles. The van der Waals surface area contributed by atoms with Gasteiger partial charge in [0.15, 0.2) is 17.5 Å². The average Bonchev–Trinajstić information content (AvgIpc) is 2.76. The van der Waals surface area contributed by atoms with Crippen molar-refractivity contribution in [1.82, 2.24) is 10.2 Å². The normalized spacial score (nSPS) is 14.4. The lowest BCUT2D eigenvalue weighted by Crippen LogP contribution is -2.46. The first-order valence-electron chi connectivity index (χ1n) is 10.3. The number of piperidine rings is 1. The topological polar surface area (TPSA) is 58.6 Å². The van der Waals surface area contributed by atoms with Crippen LogP contribution in [0.25, 0.3) is 0 Å². The van der Waals surface area contributed by atoms with Crippen molar-refractivity contribution in [3.63, 3.8) is 0 Å². The number of halogens is 3. The van der Waals surface area contributed by atoms with Crippen LogP contribution in [-0.4, -0.2) is 42.5 Å². The van der Waals surface area contributed by atoms with Gasteiger partial charge in [-0.3, -0.25) is 9.59 Å². The maximum absolute atomic E-state index is 13.8. The lowest BCUT2D eigenvalue weighted by molar-refractivity contribution is -0.132. The Balaban J connectivity index is 1.38. The molecule has 0 radical (unpaired) electrons. The SMILES string of the molecule is Cc1ccc(OCCCC(=O)N2CCC(NC(=O)c3ccc(F)c(F)c3F)CC2)cc1. The van der Waals surface area contributed by atoms with Crippen molar-refractivity contribution >= 4 is 11.8 Å². The quantitative estimate of drug-likeness (QED) is 0.530. The van der Waals surface area contributed by atoms with Crippen molar-refractivity contribution in [2.24, 2.45) is 0 Å². The van der Waals surface area contributed by atoms with Gasteiger partial charge >= 0.3 is 0 Å². The number of benzene rings is 2. The van der Waals surface area contributed by atoms with Crippen LogP contribution >= 0.6 is 0 Å². The number of nitrogens with one attached hydrogen (secondary N) is 1. The van der Waals surface area contributed by atoms with E-state index in [1.54, 1.807) is 4.90 Å². The molecule has 2 aromatic carbocycles. The van der Waals surface area contributed by atoms with E-state index in [1.807, 2.05) is 31.2 Å². The number of carbonyl (C=O) groups excluding carboxylic acids is 2. The van der Waals surface area contributed by atoms with Gasteiger partial charge in [0.2, 0.25) is 5.91 Å². The van der Waals surface area contributed by atoms with Crippen LogP contribution in [0.2, 0.25) is 0 Å². The Morgan fingerprint density at radius 3 is 2.39 bits per heavy atom. The first kappa shape index (κ1) is 22.7. The molecule has 1 aliphatic heterocycles. The minimum atomic E-state index is -1.67. The van der Waals surface area contributed by atoms with Gasteiger partial charge in [-0.1, -0.05) is 17.7 Å². The van der Waals surface area contributed by atoms with Crippen molar-refractivity contribution in [3.05, 3.63) is 65.0 Å². The molecule has 1 fully saturated rings. The molecule has 0 saturated carbocycles. The second kappa shape index (κ2) is 10.3. The van der Waals surface area contributed by atoms with Gasteiger partial charge in [-0.05, 0) is 50.5 Å². The Hall–Kier alpha value is -3.03. The van der Waals surface area contributed by atoms with E-state index in [1.165, 1.54) is 0 Å². The van der Waals surface area contributed by atoms with Gasteiger partial charge in [0, 0.05) is 25.6 Å². The molecule has 8 heteroatoms. The first-order chi connectivity index (χ1) is 14.8. The number of hydrogen-bond acceptors (Lipinski definition) is 3. The van der Waals surface area contributed by atoms with E-state index in [0.29, 0.717) is 45.4 Å². The summed E-state index contributed by atoms with van der Waals surface area (Å²) in [5.41, 5.74) is 0.614. The van der Waals surface area contributed by atoms with Crippen LogP contribution in [0.4, 0.5) is 13.2 Å². The molecule has 0 spiro atoms. The molecule has 0 aromatic heterocycles. The molecule has 0 atom stereocenters. The van der Waals surface area contributed by atoms with E-state index < -0.39 is 28.9 Å². The number of rotatable bonds is 7. The zero-order valence-corrected chi connectivity index (χ0v) is 17.3. The van der Waals surface area contributed by atoms with E-state index in [2.05, 4.69) is 5.32 Å². The van der Waals surface area contributed by atoms with E-state index in [4.69, 9.17) is 4.74 Å². The van der Waals surface area contributed by atoms with Crippen molar-refractivity contribution in [3.8, 4) is 5.75 Å². The lowest BCUT2D eigenvalue weighted by atomic mass is 10.0. The summed E-state index contributed by atoms with van der Waals surface area (Å²) in [5, 5.41) is 2.63. The van der Waals surface area contributed by atoms with Crippen LogP contribution in [0.5, 0.6) is 5.75 Å². The third-order valence-electron chi connectivity index (χ3n) is 5.29. The minimum Gasteiger partial charge on any atom is -0.494 e. The van der Waals surface area contributed by atoms with Crippen molar-refractivity contribution in [2.45, 2.75) is 38.6 Å². The van der Waals surface area contributed by atoms with E-state index >= 15 is 0 Å². The van der Waals surface area contributed by atoms with Crippen LogP contribution in [0.3, 0.4) is 0 Å². The Morgan fingerprint density at radius 2 is 1.71 bits per heavy atom. The van der Waals surface area contributed by atoms with Gasteiger partial charge in [-0.2, -0.15) is 0 Å². The summed E-state index contributed by atoms with van der Waals surface area (Å²) in [6.07, 6.45) is 1.97. The molecular formula is C23H25F3N2O3. The number of aryl methyl sites for hydroxylation is 1. The fourth-order valence-corrected chi connectivity index (χ4v) is 3.44. The van der Waals surface area contributed by atoms with Gasteiger partial charge < -0.3 is 15.0 Å². The summed E-state index contributed by atoms with van der Waals surface area (Å²) in [5.74, 6) is -4.52. The largest absolute Gasteiger partial charge is 0.494 e. The Bertz CT molecular complexity index is 926. The number of carbonyl (C=O) groups is 2. The number of hydrogen-bond donors (Lipinski definition) is 1. The summed E-state index contributed by atoms with van der Waals surface area (Å²) in [4.78, 5) is 26.3. The maximum Gasteiger partial charge on any atom is 0.254 e. The van der Waals surface area contributed by atoms with Crippen LogP contribution < -0.4 is 10.1 Å². The summed E-state index contributed by atoms with van der Waals surface area (Å²) in [7, 11) is 0. The van der Waals surface area contributed by atoms with E-state index in [-0.39, 0.29) is 11.9 Å². The molecule has 3 rings (SSSR count). The second-order valence-corrected chi connectivity index (χ2v) is 7.62. The molecule has 1 saturated heterocycles. The Kier molecular flexibility index (Phi) is 7.55. The average molecular weight is 434 g/mol. The molecule has 0 bridgehead atoms. The standard InChI is InChI=1S/C23H25F3N2O3/c1-15-4-6-17(7-5-15)31-14-2-3-20(29)28-12-10-16(11-13-28)27-23(30)18-8-9-19(24)22(26)21(18)25/h4-9,16H,2-3,10-14H2,1H3,(H,27,30). The highest BCUT2D eigenvalue weighted by Gasteiger charge is 2.26. The molecular weight excluding hydrogens is 409 g/mol. The highest BCUT2D eigenvalue weighted by molar-refractivity contribution is 5.94. The predicted octanol–water partition coefficient (Wildman–Crippen LogP) is 3.99. The Morgan fingerprint density at radius 1 is 1.03 bits per heavy atom. The molecule has 2 amide bonds. The van der Waals surface area contributed by atoms with Gasteiger partial charge in [0.1, 0.15) is 5.75 Å². The zero-order chi connectivity index (χ0) is 22.4. The lowest BCUT2D eigenvalue weighted by Gasteiger charge is -2.32. The smallest absolute Gasteiger partial charge is 0.254 e. The number of amides is 2. The molecule has 1 N–H and O–H groups in total. The molecule has 1 aliphatic rings. The summed E-state index contributed by atoms with van der Waals surface area (Å²) >= 11 is 0. The molecule has 2 aromatic rings. The minimum absolute atomic E-state index is 0.0175. The van der Waals surface area contributed by atoms with Crippen LogP contribution in [0.1, 0.15) is 41.6 Å². The maximum atomic E-state index is 13.8. The monoisotopic (exact) mass is 434 g/mol. The zero-order valence-electron chi connectivity index (χ0n) is 17.3. The molecule has 5 nitrogen and oxygen atoms in total. The molecule has 31 heavy (non-hydrogen) atoms. The highest BCUT2D eigenvalue weighted by Crippen LogP contribution is 2.18. The summed E-state index contributed by atoms with van der Waals surface area (Å²) in [6, 6.07) is 9.07. The van der Waals surface area contributed by atoms with Gasteiger partial charge in [-0.15, -0.1) is 0 Å². The van der Waals surface area contributed by atoms with Gasteiger partial charge in [-0.25, -0.2) is 13.2 Å². The highest BCUT2D eigenvalue weighted by atomic mass is 19.2. The molecule has 1 heterocycles. The van der Waals surface area contributed by atoms with Crippen molar-refractivity contribution in [2.75, 3.05) is 19.7 Å². The molecule has 0 unspecified atom stereocenters.